The Bertz CT molecular complexity index is 768. The zero-order valence-electron chi connectivity index (χ0n) is 14.4. The van der Waals surface area contributed by atoms with Gasteiger partial charge in [0.2, 0.25) is 0 Å². The van der Waals surface area contributed by atoms with Gasteiger partial charge in [0.05, 0.1) is 6.04 Å². The Balaban J connectivity index is 1.59. The van der Waals surface area contributed by atoms with Crippen molar-refractivity contribution in [1.82, 2.24) is 10.3 Å². The maximum Gasteiger partial charge on any atom is 0.271 e. The van der Waals surface area contributed by atoms with Gasteiger partial charge >= 0.3 is 0 Å². The molecule has 1 aliphatic carbocycles. The fraction of sp³-hybridized carbons (Fsp3) is 0.474. The first-order chi connectivity index (χ1) is 12.2. The van der Waals surface area contributed by atoms with Crippen LogP contribution in [-0.4, -0.2) is 23.5 Å². The molecule has 0 saturated heterocycles. The van der Waals surface area contributed by atoms with Gasteiger partial charge in [0.15, 0.2) is 5.13 Å². The maximum atomic E-state index is 12.7. The number of amides is 1. The molecular formula is C19H23N3O2S. The number of hydrogen-bond acceptors (Lipinski definition) is 5. The maximum absolute atomic E-state index is 12.7. The first-order valence-electron chi connectivity index (χ1n) is 8.91. The molecule has 1 atom stereocenters. The molecule has 4 rings (SSSR count). The predicted octanol–water partition coefficient (Wildman–Crippen LogP) is 4.14. The summed E-state index contributed by atoms with van der Waals surface area (Å²) < 4.78 is 6.42. The number of hydrogen-bond donors (Lipinski definition) is 2. The fourth-order valence-corrected chi connectivity index (χ4v) is 4.63. The molecule has 132 valence electrons. The smallest absolute Gasteiger partial charge is 0.271 e. The van der Waals surface area contributed by atoms with E-state index in [0.29, 0.717) is 5.69 Å². The molecule has 1 saturated carbocycles. The number of anilines is 1. The molecule has 2 N–H and O–H groups in total. The number of carbonyl (C=O) groups excluding carboxylic acids is 1. The molecule has 0 radical (unpaired) electrons. The normalized spacial score (nSPS) is 21.2. The van der Waals surface area contributed by atoms with Crippen molar-refractivity contribution in [2.75, 3.05) is 12.4 Å². The van der Waals surface area contributed by atoms with E-state index in [4.69, 9.17) is 4.74 Å². The highest BCUT2D eigenvalue weighted by Gasteiger charge is 2.42. The molecular weight excluding hydrogens is 334 g/mol. The number of fused-ring (bicyclic) bond motifs is 1. The summed E-state index contributed by atoms with van der Waals surface area (Å²) in [5.41, 5.74) is 1.40. The second-order valence-electron chi connectivity index (χ2n) is 6.90. The van der Waals surface area contributed by atoms with Crippen LogP contribution in [0, 0.1) is 0 Å². The number of thiazole rings is 1. The molecule has 0 bridgehead atoms. The molecule has 1 aliphatic heterocycles. The van der Waals surface area contributed by atoms with E-state index in [0.717, 1.165) is 35.7 Å². The molecule has 5 nitrogen and oxygen atoms in total. The Morgan fingerprint density at radius 2 is 2.08 bits per heavy atom. The van der Waals surface area contributed by atoms with Crippen LogP contribution in [0.3, 0.4) is 0 Å². The summed E-state index contributed by atoms with van der Waals surface area (Å²) in [5, 5.41) is 8.72. The van der Waals surface area contributed by atoms with E-state index < -0.39 is 0 Å². The second-order valence-corrected chi connectivity index (χ2v) is 7.76. The number of aromatic nitrogens is 1. The van der Waals surface area contributed by atoms with Crippen LogP contribution in [0.4, 0.5) is 5.13 Å². The van der Waals surface area contributed by atoms with E-state index in [-0.39, 0.29) is 17.6 Å². The third-order valence-electron chi connectivity index (χ3n) is 5.22. The lowest BCUT2D eigenvalue weighted by molar-refractivity contribution is -0.00212. The van der Waals surface area contributed by atoms with Gasteiger partial charge in [0, 0.05) is 24.4 Å². The molecule has 1 spiro atoms. The Hall–Kier alpha value is -2.08. The largest absolute Gasteiger partial charge is 0.487 e. The molecule has 2 aromatic rings. The number of carbonyl (C=O) groups is 1. The lowest BCUT2D eigenvalue weighted by atomic mass is 9.77. The van der Waals surface area contributed by atoms with Crippen molar-refractivity contribution in [3.05, 3.63) is 40.9 Å². The molecule has 2 aliphatic rings. The van der Waals surface area contributed by atoms with Gasteiger partial charge in [-0.25, -0.2) is 4.98 Å². The molecule has 2 heterocycles. The monoisotopic (exact) mass is 357 g/mol. The van der Waals surface area contributed by atoms with Gasteiger partial charge in [-0.3, -0.25) is 4.79 Å². The highest BCUT2D eigenvalue weighted by Crippen LogP contribution is 2.46. The zero-order chi connectivity index (χ0) is 17.3. The minimum Gasteiger partial charge on any atom is -0.487 e. The fourth-order valence-electron chi connectivity index (χ4n) is 3.97. The summed E-state index contributed by atoms with van der Waals surface area (Å²) in [6, 6.07) is 8.04. The molecule has 25 heavy (non-hydrogen) atoms. The van der Waals surface area contributed by atoms with Crippen molar-refractivity contribution < 1.29 is 9.53 Å². The van der Waals surface area contributed by atoms with Crippen LogP contribution < -0.4 is 15.4 Å². The number of nitrogens with zero attached hydrogens (tertiary/aromatic N) is 1. The first kappa shape index (κ1) is 16.4. The van der Waals surface area contributed by atoms with Gasteiger partial charge < -0.3 is 15.4 Å². The highest BCUT2D eigenvalue weighted by atomic mass is 32.1. The predicted molar refractivity (Wildman–Crippen MR) is 99.4 cm³/mol. The third kappa shape index (κ3) is 3.23. The zero-order valence-corrected chi connectivity index (χ0v) is 15.2. The second kappa shape index (κ2) is 6.67. The average molecular weight is 357 g/mol. The van der Waals surface area contributed by atoms with Crippen LogP contribution in [0.25, 0.3) is 0 Å². The Morgan fingerprint density at radius 3 is 2.84 bits per heavy atom. The molecule has 1 fully saturated rings. The van der Waals surface area contributed by atoms with E-state index >= 15 is 0 Å². The van der Waals surface area contributed by atoms with Crippen LogP contribution in [0.15, 0.2) is 29.6 Å². The van der Waals surface area contributed by atoms with Crippen molar-refractivity contribution in [3.8, 4) is 5.75 Å². The van der Waals surface area contributed by atoms with E-state index in [2.05, 4.69) is 21.7 Å². The Morgan fingerprint density at radius 1 is 1.28 bits per heavy atom. The number of para-hydroxylation sites is 1. The number of rotatable bonds is 3. The lowest BCUT2D eigenvalue weighted by Gasteiger charge is -2.44. The van der Waals surface area contributed by atoms with Gasteiger partial charge in [0.1, 0.15) is 17.0 Å². The topological polar surface area (TPSA) is 63.2 Å². The lowest BCUT2D eigenvalue weighted by Crippen LogP contribution is -2.46. The summed E-state index contributed by atoms with van der Waals surface area (Å²) in [6.45, 7) is 0. The molecule has 6 heteroatoms. The standard InChI is InChI=1S/C19H23N3O2S/c1-20-18-22-15(12-25-18)17(23)21-14-11-19(9-5-2-6-10-19)24-16-8-4-3-7-13(14)16/h3-4,7-8,12,14H,2,5-6,9-11H2,1H3,(H,20,22)(H,21,23)/t14-/m0/s1. The Labute approximate surface area is 151 Å². The number of nitrogens with one attached hydrogen (secondary N) is 2. The molecule has 1 aromatic heterocycles. The van der Waals surface area contributed by atoms with E-state index in [1.54, 1.807) is 5.38 Å². The van der Waals surface area contributed by atoms with Gasteiger partial charge in [-0.1, -0.05) is 24.6 Å². The third-order valence-corrected chi connectivity index (χ3v) is 6.08. The van der Waals surface area contributed by atoms with Crippen LogP contribution >= 0.6 is 11.3 Å². The van der Waals surface area contributed by atoms with Gasteiger partial charge in [-0.2, -0.15) is 0 Å². The minimum absolute atomic E-state index is 0.0321. The van der Waals surface area contributed by atoms with Gasteiger partial charge in [0.25, 0.3) is 5.91 Å². The molecule has 0 unspecified atom stereocenters. The number of ether oxygens (including phenoxy) is 1. The van der Waals surface area contributed by atoms with E-state index in [1.165, 1.54) is 30.6 Å². The summed E-state index contributed by atoms with van der Waals surface area (Å²) >= 11 is 1.44. The van der Waals surface area contributed by atoms with E-state index in [9.17, 15) is 4.79 Å². The SMILES string of the molecule is CNc1nc(C(=O)N[C@H]2CC3(CCCCC3)Oc3ccccc32)cs1. The minimum atomic E-state index is -0.136. The molecule has 1 aromatic carbocycles. The van der Waals surface area contributed by atoms with Crippen LogP contribution in [0.2, 0.25) is 0 Å². The quantitative estimate of drug-likeness (QED) is 0.866. The van der Waals surface area contributed by atoms with Crippen molar-refractivity contribution in [2.24, 2.45) is 0 Å². The van der Waals surface area contributed by atoms with Gasteiger partial charge in [-0.15, -0.1) is 11.3 Å². The molecule has 1 amide bonds. The summed E-state index contributed by atoms with van der Waals surface area (Å²) in [4.78, 5) is 17.0. The van der Waals surface area contributed by atoms with E-state index in [1.807, 2.05) is 25.2 Å². The van der Waals surface area contributed by atoms with Crippen LogP contribution in [-0.2, 0) is 0 Å². The number of benzene rings is 1. The Kier molecular flexibility index (Phi) is 4.37. The first-order valence-corrected chi connectivity index (χ1v) is 9.79. The summed E-state index contributed by atoms with van der Waals surface area (Å²) in [6.07, 6.45) is 6.62. The van der Waals surface area contributed by atoms with Crippen LogP contribution in [0.5, 0.6) is 5.75 Å². The van der Waals surface area contributed by atoms with Crippen molar-refractivity contribution in [3.63, 3.8) is 0 Å². The average Bonchev–Trinajstić information content (AvgIpc) is 3.12. The van der Waals surface area contributed by atoms with Crippen molar-refractivity contribution >= 4 is 22.4 Å². The summed E-state index contributed by atoms with van der Waals surface area (Å²) in [7, 11) is 1.81. The van der Waals surface area contributed by atoms with Gasteiger partial charge in [-0.05, 0) is 31.7 Å². The van der Waals surface area contributed by atoms with Crippen molar-refractivity contribution in [1.29, 1.82) is 0 Å². The van der Waals surface area contributed by atoms with Crippen molar-refractivity contribution in [2.45, 2.75) is 50.2 Å². The van der Waals surface area contributed by atoms with Crippen LogP contribution in [0.1, 0.15) is 60.6 Å². The highest BCUT2D eigenvalue weighted by molar-refractivity contribution is 7.13. The summed E-state index contributed by atoms with van der Waals surface area (Å²) in [5.74, 6) is 0.792.